The molecule has 0 unspecified atom stereocenters. The van der Waals surface area contributed by atoms with E-state index >= 15 is 0 Å². The normalized spacial score (nSPS) is 11.0. The SMILES string of the molecule is COc1cc(CO)ccc1Oc1c(N)c(C(C)C)nn1C. The molecule has 2 rings (SSSR count). The summed E-state index contributed by atoms with van der Waals surface area (Å²) < 4.78 is 12.8. The van der Waals surface area contributed by atoms with Crippen molar-refractivity contribution in [3.05, 3.63) is 29.5 Å². The van der Waals surface area contributed by atoms with Gasteiger partial charge < -0.3 is 20.3 Å². The molecule has 0 aliphatic carbocycles. The van der Waals surface area contributed by atoms with Crippen LogP contribution in [-0.4, -0.2) is 22.0 Å². The average molecular weight is 291 g/mol. The first-order valence-corrected chi connectivity index (χ1v) is 6.75. The predicted octanol–water partition coefficient (Wildman–Crippen LogP) is 2.42. The third-order valence-electron chi connectivity index (χ3n) is 3.22. The smallest absolute Gasteiger partial charge is 0.241 e. The van der Waals surface area contributed by atoms with Gasteiger partial charge in [-0.05, 0) is 23.6 Å². The average Bonchev–Trinajstić information content (AvgIpc) is 2.75. The molecule has 3 N–H and O–H groups in total. The number of hydrogen-bond donors (Lipinski definition) is 2. The Morgan fingerprint density at radius 1 is 1.33 bits per heavy atom. The van der Waals surface area contributed by atoms with Gasteiger partial charge in [0.25, 0.3) is 0 Å². The number of aliphatic hydroxyl groups is 1. The summed E-state index contributed by atoms with van der Waals surface area (Å²) in [7, 11) is 3.33. The van der Waals surface area contributed by atoms with Gasteiger partial charge in [0.1, 0.15) is 5.69 Å². The van der Waals surface area contributed by atoms with E-state index in [1.165, 1.54) is 0 Å². The van der Waals surface area contributed by atoms with E-state index in [9.17, 15) is 0 Å². The highest BCUT2D eigenvalue weighted by molar-refractivity contribution is 5.56. The quantitative estimate of drug-likeness (QED) is 0.884. The second-order valence-corrected chi connectivity index (χ2v) is 5.13. The number of aliphatic hydroxyl groups excluding tert-OH is 1. The molecule has 0 amide bonds. The van der Waals surface area contributed by atoms with E-state index < -0.39 is 0 Å². The summed E-state index contributed by atoms with van der Waals surface area (Å²) in [5, 5.41) is 13.5. The summed E-state index contributed by atoms with van der Waals surface area (Å²) in [6.07, 6.45) is 0. The second-order valence-electron chi connectivity index (χ2n) is 5.13. The van der Waals surface area contributed by atoms with Crippen LogP contribution in [0.25, 0.3) is 0 Å². The van der Waals surface area contributed by atoms with Gasteiger partial charge in [-0.2, -0.15) is 5.10 Å². The van der Waals surface area contributed by atoms with Gasteiger partial charge >= 0.3 is 0 Å². The van der Waals surface area contributed by atoms with Crippen molar-refractivity contribution in [2.45, 2.75) is 26.4 Å². The Kier molecular flexibility index (Phi) is 4.37. The number of aryl methyl sites for hydroxylation is 1. The van der Waals surface area contributed by atoms with Crippen LogP contribution in [0.2, 0.25) is 0 Å². The first-order chi connectivity index (χ1) is 9.97. The van der Waals surface area contributed by atoms with Gasteiger partial charge in [0.2, 0.25) is 5.88 Å². The van der Waals surface area contributed by atoms with E-state index in [0.29, 0.717) is 23.1 Å². The number of nitrogen functional groups attached to an aromatic ring is 1. The van der Waals surface area contributed by atoms with Crippen molar-refractivity contribution in [3.63, 3.8) is 0 Å². The molecule has 0 saturated heterocycles. The van der Waals surface area contributed by atoms with Crippen molar-refractivity contribution in [2.24, 2.45) is 7.05 Å². The van der Waals surface area contributed by atoms with Gasteiger partial charge in [-0.25, -0.2) is 4.68 Å². The maximum atomic E-state index is 9.16. The van der Waals surface area contributed by atoms with Gasteiger partial charge in [-0.15, -0.1) is 0 Å². The molecule has 6 heteroatoms. The van der Waals surface area contributed by atoms with Crippen LogP contribution in [0.4, 0.5) is 5.69 Å². The van der Waals surface area contributed by atoms with Crippen LogP contribution in [0, 0.1) is 0 Å². The standard InChI is InChI=1S/C15H21N3O3/c1-9(2)14-13(16)15(18(3)17-14)21-11-6-5-10(8-19)7-12(11)20-4/h5-7,9,19H,8,16H2,1-4H3. The van der Waals surface area contributed by atoms with Crippen molar-refractivity contribution >= 4 is 5.69 Å². The van der Waals surface area contributed by atoms with E-state index in [4.69, 9.17) is 20.3 Å². The summed E-state index contributed by atoms with van der Waals surface area (Å²) >= 11 is 0. The van der Waals surface area contributed by atoms with E-state index in [0.717, 1.165) is 11.3 Å². The fraction of sp³-hybridized carbons (Fsp3) is 0.400. The van der Waals surface area contributed by atoms with Crippen LogP contribution in [0.1, 0.15) is 31.0 Å². The molecule has 0 radical (unpaired) electrons. The molecule has 0 spiro atoms. The minimum absolute atomic E-state index is 0.0536. The summed E-state index contributed by atoms with van der Waals surface area (Å²) in [5.74, 6) is 1.76. The highest BCUT2D eigenvalue weighted by atomic mass is 16.5. The Morgan fingerprint density at radius 3 is 2.57 bits per heavy atom. The first kappa shape index (κ1) is 15.2. The Bertz CT molecular complexity index is 635. The molecule has 0 bridgehead atoms. The molecule has 6 nitrogen and oxygen atoms in total. The largest absolute Gasteiger partial charge is 0.493 e. The molecule has 21 heavy (non-hydrogen) atoms. The molecule has 1 aromatic carbocycles. The van der Waals surface area contributed by atoms with Crippen molar-refractivity contribution in [2.75, 3.05) is 12.8 Å². The molecule has 0 atom stereocenters. The molecular weight excluding hydrogens is 270 g/mol. The summed E-state index contributed by atoms with van der Waals surface area (Å²) in [6, 6.07) is 5.24. The Morgan fingerprint density at radius 2 is 2.05 bits per heavy atom. The van der Waals surface area contributed by atoms with Crippen LogP contribution in [0.15, 0.2) is 18.2 Å². The number of nitrogens with two attached hydrogens (primary N) is 1. The highest BCUT2D eigenvalue weighted by Crippen LogP contribution is 2.37. The molecule has 0 aliphatic heterocycles. The molecule has 1 heterocycles. The van der Waals surface area contributed by atoms with Crippen LogP contribution >= 0.6 is 0 Å². The number of methoxy groups -OCH3 is 1. The molecule has 2 aromatic rings. The number of aromatic nitrogens is 2. The number of nitrogens with zero attached hydrogens (tertiary/aromatic N) is 2. The third-order valence-corrected chi connectivity index (χ3v) is 3.22. The summed E-state index contributed by atoms with van der Waals surface area (Å²) in [4.78, 5) is 0. The van der Waals surface area contributed by atoms with Crippen LogP contribution in [0.3, 0.4) is 0 Å². The van der Waals surface area contributed by atoms with E-state index in [2.05, 4.69) is 5.10 Å². The van der Waals surface area contributed by atoms with Crippen molar-refractivity contribution in [1.82, 2.24) is 9.78 Å². The number of ether oxygens (including phenoxy) is 2. The molecular formula is C15H21N3O3. The van der Waals surface area contributed by atoms with Gasteiger partial charge in [0.05, 0.1) is 19.4 Å². The number of benzene rings is 1. The Balaban J connectivity index is 2.38. The van der Waals surface area contributed by atoms with E-state index in [1.807, 2.05) is 13.8 Å². The van der Waals surface area contributed by atoms with Crippen LogP contribution in [-0.2, 0) is 13.7 Å². The maximum absolute atomic E-state index is 9.16. The van der Waals surface area contributed by atoms with Crippen molar-refractivity contribution in [3.8, 4) is 17.4 Å². The minimum Gasteiger partial charge on any atom is -0.493 e. The predicted molar refractivity (Wildman–Crippen MR) is 80.7 cm³/mol. The summed E-state index contributed by atoms with van der Waals surface area (Å²) in [5.41, 5.74) is 8.19. The second kappa shape index (κ2) is 6.05. The summed E-state index contributed by atoms with van der Waals surface area (Å²) in [6.45, 7) is 4.00. The van der Waals surface area contributed by atoms with Crippen LogP contribution < -0.4 is 15.2 Å². The van der Waals surface area contributed by atoms with Gasteiger partial charge in [-0.3, -0.25) is 0 Å². The lowest BCUT2D eigenvalue weighted by Gasteiger charge is -2.12. The zero-order valence-corrected chi connectivity index (χ0v) is 12.8. The highest BCUT2D eigenvalue weighted by Gasteiger charge is 2.19. The molecule has 0 saturated carbocycles. The lowest BCUT2D eigenvalue weighted by Crippen LogP contribution is -1.99. The molecule has 0 fully saturated rings. The minimum atomic E-state index is -0.0536. The maximum Gasteiger partial charge on any atom is 0.241 e. The van der Waals surface area contributed by atoms with Gasteiger partial charge in [0.15, 0.2) is 11.5 Å². The fourth-order valence-electron chi connectivity index (χ4n) is 2.09. The van der Waals surface area contributed by atoms with Gasteiger partial charge in [-0.1, -0.05) is 19.9 Å². The van der Waals surface area contributed by atoms with E-state index in [1.54, 1.807) is 37.0 Å². The number of anilines is 1. The topological polar surface area (TPSA) is 82.5 Å². The van der Waals surface area contributed by atoms with Crippen molar-refractivity contribution in [1.29, 1.82) is 0 Å². The molecule has 114 valence electrons. The molecule has 1 aromatic heterocycles. The van der Waals surface area contributed by atoms with Gasteiger partial charge in [0, 0.05) is 7.05 Å². The lowest BCUT2D eigenvalue weighted by molar-refractivity contribution is 0.280. The zero-order chi connectivity index (χ0) is 15.6. The Hall–Kier alpha value is -2.21. The lowest BCUT2D eigenvalue weighted by atomic mass is 10.1. The number of rotatable bonds is 5. The molecule has 0 aliphatic rings. The first-order valence-electron chi connectivity index (χ1n) is 6.75. The number of hydrogen-bond acceptors (Lipinski definition) is 5. The Labute approximate surface area is 124 Å². The van der Waals surface area contributed by atoms with Crippen molar-refractivity contribution < 1.29 is 14.6 Å². The third kappa shape index (κ3) is 2.95. The fourth-order valence-corrected chi connectivity index (χ4v) is 2.09. The monoisotopic (exact) mass is 291 g/mol. The van der Waals surface area contributed by atoms with E-state index in [-0.39, 0.29) is 12.5 Å². The zero-order valence-electron chi connectivity index (χ0n) is 12.8. The van der Waals surface area contributed by atoms with Crippen LogP contribution in [0.5, 0.6) is 17.4 Å².